The summed E-state index contributed by atoms with van der Waals surface area (Å²) in [5.74, 6) is -1.30. The Morgan fingerprint density at radius 1 is 1.06 bits per heavy atom. The Morgan fingerprint density at radius 2 is 1.81 bits per heavy atom. The van der Waals surface area contributed by atoms with Crippen molar-refractivity contribution in [3.63, 3.8) is 0 Å². The van der Waals surface area contributed by atoms with Gasteiger partial charge in [0, 0.05) is 47.3 Å². The molecule has 0 radical (unpaired) electrons. The first-order chi connectivity index (χ1) is 14.9. The molecular formula is C25H22FN3O2. The van der Waals surface area contributed by atoms with Gasteiger partial charge in [0.25, 0.3) is 5.91 Å². The van der Waals surface area contributed by atoms with Crippen LogP contribution in [0.4, 0.5) is 10.1 Å². The number of aryl methyl sites for hydroxylation is 2. The zero-order valence-corrected chi connectivity index (χ0v) is 17.3. The summed E-state index contributed by atoms with van der Waals surface area (Å²) in [6.45, 7) is 3.85. The number of hydrogen-bond donors (Lipinski definition) is 2. The van der Waals surface area contributed by atoms with Crippen LogP contribution in [-0.4, -0.2) is 16.8 Å². The standard InChI is InChI=1S/C25H22FN3O2/c1-15-3-5-18(19-6-4-16(2)27-13-19)11-23(15)29-25(31)22-14-28-24(30)12-21(22)17-7-9-20(26)10-8-17/h3-11,13-14,21H,12H2,1-2H3,(H,28,30)(H,29,31)/t21-/m0/s1. The van der Waals surface area contributed by atoms with Crippen molar-refractivity contribution in [2.24, 2.45) is 0 Å². The first kappa shape index (κ1) is 20.5. The van der Waals surface area contributed by atoms with Crippen molar-refractivity contribution in [3.8, 4) is 11.1 Å². The predicted molar refractivity (Wildman–Crippen MR) is 118 cm³/mol. The summed E-state index contributed by atoms with van der Waals surface area (Å²) in [4.78, 5) is 29.4. The van der Waals surface area contributed by atoms with Crippen molar-refractivity contribution in [1.82, 2.24) is 10.3 Å². The minimum absolute atomic E-state index is 0.124. The molecule has 0 saturated carbocycles. The molecule has 0 spiro atoms. The summed E-state index contributed by atoms with van der Waals surface area (Å²) in [5, 5.41) is 5.60. The maximum Gasteiger partial charge on any atom is 0.253 e. The molecule has 1 atom stereocenters. The van der Waals surface area contributed by atoms with Crippen LogP contribution in [0.1, 0.15) is 29.2 Å². The Morgan fingerprint density at radius 3 is 2.52 bits per heavy atom. The minimum atomic E-state index is -0.445. The number of benzene rings is 2. The van der Waals surface area contributed by atoms with Crippen LogP contribution >= 0.6 is 0 Å². The van der Waals surface area contributed by atoms with Crippen LogP contribution in [0, 0.1) is 19.7 Å². The number of anilines is 1. The minimum Gasteiger partial charge on any atom is -0.332 e. The molecule has 31 heavy (non-hydrogen) atoms. The first-order valence-corrected chi connectivity index (χ1v) is 10.0. The third-order valence-electron chi connectivity index (χ3n) is 5.42. The van der Waals surface area contributed by atoms with Crippen LogP contribution in [0.3, 0.4) is 0 Å². The second-order valence-corrected chi connectivity index (χ2v) is 7.65. The van der Waals surface area contributed by atoms with Crippen molar-refractivity contribution in [3.05, 3.63) is 95.2 Å². The van der Waals surface area contributed by atoms with E-state index in [0.717, 1.165) is 22.4 Å². The monoisotopic (exact) mass is 415 g/mol. The van der Waals surface area contributed by atoms with E-state index in [-0.39, 0.29) is 24.1 Å². The van der Waals surface area contributed by atoms with E-state index in [0.29, 0.717) is 16.8 Å². The number of carbonyl (C=O) groups excluding carboxylic acids is 2. The third-order valence-corrected chi connectivity index (χ3v) is 5.42. The molecule has 3 aromatic rings. The average Bonchev–Trinajstić information content (AvgIpc) is 2.76. The van der Waals surface area contributed by atoms with Crippen LogP contribution in [0.5, 0.6) is 0 Å². The summed E-state index contributed by atoms with van der Waals surface area (Å²) in [7, 11) is 0. The molecule has 2 heterocycles. The molecule has 2 N–H and O–H groups in total. The number of hydrogen-bond acceptors (Lipinski definition) is 3. The van der Waals surface area contributed by atoms with Crippen LogP contribution in [0.25, 0.3) is 11.1 Å². The summed E-state index contributed by atoms with van der Waals surface area (Å²) < 4.78 is 13.3. The highest BCUT2D eigenvalue weighted by molar-refractivity contribution is 6.07. The van der Waals surface area contributed by atoms with E-state index in [9.17, 15) is 14.0 Å². The van der Waals surface area contributed by atoms with Gasteiger partial charge in [-0.3, -0.25) is 14.6 Å². The quantitative estimate of drug-likeness (QED) is 0.653. The molecule has 4 rings (SSSR count). The number of halogens is 1. The molecular weight excluding hydrogens is 393 g/mol. The number of rotatable bonds is 4. The Kier molecular flexibility index (Phi) is 5.62. The summed E-state index contributed by atoms with van der Waals surface area (Å²) in [6, 6.07) is 15.7. The molecule has 2 amide bonds. The highest BCUT2D eigenvalue weighted by Gasteiger charge is 2.29. The number of pyridine rings is 1. The fourth-order valence-corrected chi connectivity index (χ4v) is 3.60. The van der Waals surface area contributed by atoms with Crippen LogP contribution < -0.4 is 10.6 Å². The van der Waals surface area contributed by atoms with Crippen molar-refractivity contribution in [2.75, 3.05) is 5.32 Å². The van der Waals surface area contributed by atoms with Gasteiger partial charge in [-0.25, -0.2) is 4.39 Å². The van der Waals surface area contributed by atoms with E-state index in [1.807, 2.05) is 44.2 Å². The maximum absolute atomic E-state index is 13.3. The molecule has 0 saturated heterocycles. The molecule has 5 nitrogen and oxygen atoms in total. The molecule has 2 aromatic carbocycles. The Hall–Kier alpha value is -3.80. The molecule has 6 heteroatoms. The highest BCUT2D eigenvalue weighted by Crippen LogP contribution is 2.32. The molecule has 156 valence electrons. The molecule has 1 aliphatic rings. The normalized spacial score (nSPS) is 15.8. The van der Waals surface area contributed by atoms with E-state index >= 15 is 0 Å². The lowest BCUT2D eigenvalue weighted by molar-refractivity contribution is -0.121. The zero-order chi connectivity index (χ0) is 22.0. The lowest BCUT2D eigenvalue weighted by Crippen LogP contribution is -2.32. The van der Waals surface area contributed by atoms with Gasteiger partial charge in [0.1, 0.15) is 5.82 Å². The van der Waals surface area contributed by atoms with E-state index < -0.39 is 5.92 Å². The van der Waals surface area contributed by atoms with Gasteiger partial charge in [-0.1, -0.05) is 30.3 Å². The number of aromatic nitrogens is 1. The number of carbonyl (C=O) groups is 2. The summed E-state index contributed by atoms with van der Waals surface area (Å²) in [6.07, 6.45) is 3.37. The van der Waals surface area contributed by atoms with Crippen molar-refractivity contribution in [2.45, 2.75) is 26.2 Å². The second kappa shape index (κ2) is 8.52. The summed E-state index contributed by atoms with van der Waals surface area (Å²) in [5.41, 5.74) is 5.56. The number of nitrogens with zero attached hydrogens (tertiary/aromatic N) is 1. The summed E-state index contributed by atoms with van der Waals surface area (Å²) >= 11 is 0. The van der Waals surface area contributed by atoms with Gasteiger partial charge >= 0.3 is 0 Å². The fourth-order valence-electron chi connectivity index (χ4n) is 3.60. The average molecular weight is 415 g/mol. The van der Waals surface area contributed by atoms with Crippen LogP contribution in [-0.2, 0) is 9.59 Å². The third kappa shape index (κ3) is 4.53. The Labute approximate surface area is 180 Å². The number of nitrogens with one attached hydrogen (secondary N) is 2. The predicted octanol–water partition coefficient (Wildman–Crippen LogP) is 4.63. The van der Waals surface area contributed by atoms with E-state index in [2.05, 4.69) is 15.6 Å². The van der Waals surface area contributed by atoms with Gasteiger partial charge in [-0.2, -0.15) is 0 Å². The Bertz CT molecular complexity index is 1170. The number of amides is 2. The highest BCUT2D eigenvalue weighted by atomic mass is 19.1. The lowest BCUT2D eigenvalue weighted by Gasteiger charge is -2.24. The molecule has 0 aliphatic carbocycles. The van der Waals surface area contributed by atoms with E-state index in [1.54, 1.807) is 18.3 Å². The van der Waals surface area contributed by atoms with Gasteiger partial charge in [-0.15, -0.1) is 0 Å². The molecule has 1 aromatic heterocycles. The zero-order valence-electron chi connectivity index (χ0n) is 17.3. The van der Waals surface area contributed by atoms with Gasteiger partial charge in [0.05, 0.1) is 0 Å². The fraction of sp³-hybridized carbons (Fsp3) is 0.160. The van der Waals surface area contributed by atoms with Gasteiger partial charge in [0.15, 0.2) is 0 Å². The largest absolute Gasteiger partial charge is 0.332 e. The van der Waals surface area contributed by atoms with Crippen molar-refractivity contribution < 1.29 is 14.0 Å². The first-order valence-electron chi connectivity index (χ1n) is 10.0. The van der Waals surface area contributed by atoms with Crippen molar-refractivity contribution in [1.29, 1.82) is 0 Å². The SMILES string of the molecule is Cc1ccc(-c2ccc(C)c(NC(=O)C3=CNC(=O)C[C@H]3c3ccc(F)cc3)c2)cn1. The Balaban J connectivity index is 1.62. The van der Waals surface area contributed by atoms with Gasteiger partial charge in [-0.05, 0) is 54.8 Å². The second-order valence-electron chi connectivity index (χ2n) is 7.65. The molecule has 0 bridgehead atoms. The maximum atomic E-state index is 13.3. The van der Waals surface area contributed by atoms with Crippen molar-refractivity contribution >= 4 is 17.5 Å². The smallest absolute Gasteiger partial charge is 0.253 e. The van der Waals surface area contributed by atoms with Gasteiger partial charge in [0.2, 0.25) is 5.91 Å². The lowest BCUT2D eigenvalue weighted by atomic mass is 9.86. The van der Waals surface area contributed by atoms with Crippen LogP contribution in [0.2, 0.25) is 0 Å². The van der Waals surface area contributed by atoms with E-state index in [1.165, 1.54) is 18.3 Å². The molecule has 1 aliphatic heterocycles. The van der Waals surface area contributed by atoms with Gasteiger partial charge < -0.3 is 10.6 Å². The van der Waals surface area contributed by atoms with E-state index in [4.69, 9.17) is 0 Å². The topological polar surface area (TPSA) is 71.1 Å². The van der Waals surface area contributed by atoms with Crippen LogP contribution in [0.15, 0.2) is 72.6 Å². The molecule has 0 fully saturated rings. The molecule has 0 unspecified atom stereocenters.